The highest BCUT2D eigenvalue weighted by Gasteiger charge is 2.25. The van der Waals surface area contributed by atoms with Crippen LogP contribution in [0.3, 0.4) is 0 Å². The average Bonchev–Trinajstić information content (AvgIpc) is 3.46. The normalized spacial score (nSPS) is 17.1. The van der Waals surface area contributed by atoms with E-state index in [2.05, 4.69) is 9.80 Å². The number of ether oxygens (including phenoxy) is 1. The van der Waals surface area contributed by atoms with Crippen LogP contribution < -0.4 is 21.7 Å². The fourth-order valence-electron chi connectivity index (χ4n) is 6.45. The van der Waals surface area contributed by atoms with Gasteiger partial charge in [0, 0.05) is 80.3 Å². The molecule has 4 aromatic carbocycles. The standard InChI is InChI=1S/C33H31N3O7/c37-25(36-13-11-34(12-14-36)9-10-35-15-17-42-18-16-35)8-6-20-5-7-23-24(19-20)29(39)27-26-28(38)21-3-1-2-4-22(21)30(40)32(26)43-33(27)31(23)41/h1-5,7,19H,6,8-18H2. The van der Waals surface area contributed by atoms with E-state index in [0.717, 1.165) is 58.0 Å². The van der Waals surface area contributed by atoms with E-state index in [9.17, 15) is 24.0 Å². The van der Waals surface area contributed by atoms with E-state index < -0.39 is 21.7 Å². The molecule has 2 aliphatic heterocycles. The van der Waals surface area contributed by atoms with Crippen LogP contribution in [0.15, 0.2) is 66.1 Å². The van der Waals surface area contributed by atoms with Gasteiger partial charge in [-0.2, -0.15) is 0 Å². The molecule has 1 amide bonds. The van der Waals surface area contributed by atoms with Gasteiger partial charge in [-0.05, 0) is 24.1 Å². The third-order valence-corrected chi connectivity index (χ3v) is 8.95. The van der Waals surface area contributed by atoms with Gasteiger partial charge in [0.15, 0.2) is 22.0 Å². The zero-order valence-corrected chi connectivity index (χ0v) is 23.7. The van der Waals surface area contributed by atoms with Crippen LogP contribution in [0, 0.1) is 0 Å². The van der Waals surface area contributed by atoms with Crippen LogP contribution >= 0.6 is 0 Å². The lowest BCUT2D eigenvalue weighted by Crippen LogP contribution is -2.51. The molecule has 0 aliphatic carbocycles. The fraction of sp³-hybridized carbons (Fsp3) is 0.364. The smallest absolute Gasteiger partial charge is 0.229 e. The number of benzene rings is 4. The average molecular weight is 582 g/mol. The summed E-state index contributed by atoms with van der Waals surface area (Å²) in [6, 6.07) is 11.3. The number of morpholine rings is 1. The summed E-state index contributed by atoms with van der Waals surface area (Å²) in [4.78, 5) is 73.2. The van der Waals surface area contributed by atoms with Crippen molar-refractivity contribution in [3.8, 4) is 0 Å². The molecule has 0 spiro atoms. The van der Waals surface area contributed by atoms with Crippen molar-refractivity contribution in [2.75, 3.05) is 65.6 Å². The summed E-state index contributed by atoms with van der Waals surface area (Å²) in [5.74, 6) is 0.0573. The van der Waals surface area contributed by atoms with Gasteiger partial charge >= 0.3 is 0 Å². The molecule has 0 radical (unpaired) electrons. The molecule has 7 rings (SSSR count). The molecule has 0 N–H and O–H groups in total. The van der Waals surface area contributed by atoms with E-state index in [-0.39, 0.29) is 55.8 Å². The second-order valence-electron chi connectivity index (χ2n) is 11.4. The first-order valence-electron chi connectivity index (χ1n) is 14.8. The Bertz CT molecular complexity index is 2100. The molecule has 0 unspecified atom stereocenters. The number of amides is 1. The summed E-state index contributed by atoms with van der Waals surface area (Å²) >= 11 is 0. The Labute approximate surface area is 245 Å². The first-order chi connectivity index (χ1) is 20.9. The van der Waals surface area contributed by atoms with Crippen molar-refractivity contribution in [1.29, 1.82) is 0 Å². The number of hydrogen-bond acceptors (Lipinski definition) is 9. The number of furan rings is 1. The van der Waals surface area contributed by atoms with Crippen molar-refractivity contribution in [3.05, 3.63) is 88.9 Å². The quantitative estimate of drug-likeness (QED) is 0.295. The van der Waals surface area contributed by atoms with E-state index in [1.54, 1.807) is 30.3 Å². The van der Waals surface area contributed by atoms with Crippen molar-refractivity contribution in [2.45, 2.75) is 12.8 Å². The lowest BCUT2D eigenvalue weighted by atomic mass is 9.99. The van der Waals surface area contributed by atoms with Gasteiger partial charge in [-0.25, -0.2) is 0 Å². The number of aryl methyl sites for hydroxylation is 1. The minimum Gasteiger partial charge on any atom is -0.447 e. The van der Waals surface area contributed by atoms with Gasteiger partial charge in [0.25, 0.3) is 0 Å². The van der Waals surface area contributed by atoms with Crippen LogP contribution in [0.25, 0.3) is 43.5 Å². The highest BCUT2D eigenvalue weighted by atomic mass is 16.5. The highest BCUT2D eigenvalue weighted by molar-refractivity contribution is 6.12. The summed E-state index contributed by atoms with van der Waals surface area (Å²) in [6.45, 7) is 8.57. The number of rotatable bonds is 6. The van der Waals surface area contributed by atoms with Gasteiger partial charge < -0.3 is 14.1 Å². The molecule has 43 heavy (non-hydrogen) atoms. The Morgan fingerprint density at radius 2 is 1.21 bits per heavy atom. The van der Waals surface area contributed by atoms with Crippen LogP contribution in [0.4, 0.5) is 0 Å². The van der Waals surface area contributed by atoms with Gasteiger partial charge in [-0.15, -0.1) is 0 Å². The Hall–Kier alpha value is -4.25. The maximum Gasteiger partial charge on any atom is 0.229 e. The maximum atomic E-state index is 13.7. The second kappa shape index (κ2) is 11.1. The molecule has 3 heterocycles. The number of piperazine rings is 1. The molecule has 10 heteroatoms. The van der Waals surface area contributed by atoms with Gasteiger partial charge in [0.2, 0.25) is 16.8 Å². The molecule has 2 aliphatic rings. The maximum absolute atomic E-state index is 13.7. The van der Waals surface area contributed by atoms with Crippen LogP contribution in [0.2, 0.25) is 0 Å². The lowest BCUT2D eigenvalue weighted by molar-refractivity contribution is -0.132. The molecule has 220 valence electrons. The van der Waals surface area contributed by atoms with Crippen molar-refractivity contribution >= 4 is 49.4 Å². The summed E-state index contributed by atoms with van der Waals surface area (Å²) < 4.78 is 11.1. The van der Waals surface area contributed by atoms with E-state index in [1.807, 2.05) is 4.90 Å². The molecular weight excluding hydrogens is 550 g/mol. The number of carbonyl (C=O) groups is 1. The predicted molar refractivity (Wildman–Crippen MR) is 165 cm³/mol. The third-order valence-electron chi connectivity index (χ3n) is 8.95. The van der Waals surface area contributed by atoms with E-state index in [4.69, 9.17) is 9.15 Å². The Kier molecular flexibility index (Phi) is 7.12. The van der Waals surface area contributed by atoms with Crippen LogP contribution in [0.1, 0.15) is 12.0 Å². The van der Waals surface area contributed by atoms with E-state index >= 15 is 0 Å². The SMILES string of the molecule is O=C(CCc1ccc2c(=O)c3oc4c(=O)c5ccccc5c(=O)c4c3c(=O)c2c1)N1CCN(CCN2CCOCC2)CC1. The van der Waals surface area contributed by atoms with E-state index in [1.165, 1.54) is 12.1 Å². The Morgan fingerprint density at radius 1 is 0.651 bits per heavy atom. The summed E-state index contributed by atoms with van der Waals surface area (Å²) in [5.41, 5.74) is -1.91. The summed E-state index contributed by atoms with van der Waals surface area (Å²) in [6.07, 6.45) is 0.691. The number of nitrogens with zero attached hydrogens (tertiary/aromatic N) is 3. The van der Waals surface area contributed by atoms with Crippen molar-refractivity contribution in [2.24, 2.45) is 0 Å². The van der Waals surface area contributed by atoms with Gasteiger partial charge in [0.1, 0.15) is 0 Å². The van der Waals surface area contributed by atoms with Crippen LogP contribution in [0.5, 0.6) is 0 Å². The molecule has 0 atom stereocenters. The number of fused-ring (bicyclic) bond motifs is 5. The fourth-order valence-corrected chi connectivity index (χ4v) is 6.45. The van der Waals surface area contributed by atoms with Gasteiger partial charge in [-0.3, -0.25) is 33.8 Å². The van der Waals surface area contributed by atoms with Gasteiger partial charge in [0.05, 0.1) is 24.0 Å². The van der Waals surface area contributed by atoms with E-state index in [0.29, 0.717) is 19.5 Å². The number of carbonyl (C=O) groups excluding carboxylic acids is 1. The lowest BCUT2D eigenvalue weighted by Gasteiger charge is -2.36. The molecule has 2 saturated heterocycles. The predicted octanol–water partition coefficient (Wildman–Crippen LogP) is 1.62. The molecule has 0 bridgehead atoms. The topological polar surface area (TPSA) is 117 Å². The Morgan fingerprint density at radius 3 is 1.86 bits per heavy atom. The van der Waals surface area contributed by atoms with Crippen molar-refractivity contribution < 1.29 is 13.9 Å². The van der Waals surface area contributed by atoms with Crippen LogP contribution in [-0.4, -0.2) is 86.2 Å². The van der Waals surface area contributed by atoms with Gasteiger partial charge in [-0.1, -0.05) is 30.3 Å². The molecule has 1 aromatic heterocycles. The number of hydrogen-bond donors (Lipinski definition) is 0. The first-order valence-corrected chi connectivity index (χ1v) is 14.8. The largest absolute Gasteiger partial charge is 0.447 e. The summed E-state index contributed by atoms with van der Waals surface area (Å²) in [7, 11) is 0. The van der Waals surface area contributed by atoms with Crippen molar-refractivity contribution in [1.82, 2.24) is 14.7 Å². The molecule has 5 aromatic rings. The zero-order chi connectivity index (χ0) is 29.7. The highest BCUT2D eigenvalue weighted by Crippen LogP contribution is 2.24. The zero-order valence-electron chi connectivity index (χ0n) is 23.7. The molecular formula is C33H31N3O7. The first kappa shape index (κ1) is 27.6. The minimum atomic E-state index is -0.544. The molecule has 2 fully saturated rings. The second-order valence-corrected chi connectivity index (χ2v) is 11.4. The summed E-state index contributed by atoms with van der Waals surface area (Å²) in [5, 5.41) is 0.375. The third kappa shape index (κ3) is 4.85. The van der Waals surface area contributed by atoms with Crippen molar-refractivity contribution in [3.63, 3.8) is 0 Å². The van der Waals surface area contributed by atoms with Crippen LogP contribution in [-0.2, 0) is 16.0 Å². The molecule has 0 saturated carbocycles. The Balaban J connectivity index is 1.10. The molecule has 10 nitrogen and oxygen atoms in total. The minimum absolute atomic E-state index is 0.0573. The monoisotopic (exact) mass is 581 g/mol.